The number of ether oxygens (including phenoxy) is 6. The molecule has 1 N–H and O–H groups in total. The minimum Gasteiger partial charge on any atom is -0.494 e. The molecule has 1 atom stereocenters. The average Bonchev–Trinajstić information content (AvgIpc) is 3.67. The van der Waals surface area contributed by atoms with E-state index >= 15 is 4.39 Å². The van der Waals surface area contributed by atoms with Crippen molar-refractivity contribution in [1.29, 1.82) is 0 Å². The van der Waals surface area contributed by atoms with Crippen molar-refractivity contribution in [2.75, 3.05) is 38.5 Å². The number of nitrogens with one attached hydrogen (secondary N) is 1. The van der Waals surface area contributed by atoms with Crippen LogP contribution in [0.25, 0.3) is 54.3 Å². The fourth-order valence-electron chi connectivity index (χ4n) is 7.86. The summed E-state index contributed by atoms with van der Waals surface area (Å²) in [6.07, 6.45) is 6.17. The van der Waals surface area contributed by atoms with Crippen molar-refractivity contribution in [2.45, 2.75) is 64.3 Å². The number of halogens is 1. The van der Waals surface area contributed by atoms with E-state index in [2.05, 4.69) is 25.9 Å². The lowest BCUT2D eigenvalue weighted by atomic mass is 9.93. The van der Waals surface area contributed by atoms with Crippen LogP contribution in [0.5, 0.6) is 11.5 Å². The zero-order chi connectivity index (χ0) is 49.2. The van der Waals surface area contributed by atoms with Crippen LogP contribution in [0.1, 0.15) is 56.2 Å². The molecule has 1 fully saturated rings. The number of aryl methyl sites for hydroxylation is 1. The molecule has 0 radical (unpaired) electrons. The Morgan fingerprint density at radius 2 is 1.52 bits per heavy atom. The highest BCUT2D eigenvalue weighted by Crippen LogP contribution is 2.37. The van der Waals surface area contributed by atoms with Crippen LogP contribution < -0.4 is 14.9 Å². The zero-order valence-corrected chi connectivity index (χ0v) is 41.0. The summed E-state index contributed by atoms with van der Waals surface area (Å²) in [5.41, 5.74) is 10.1. The van der Waals surface area contributed by atoms with Gasteiger partial charge in [0.2, 0.25) is 5.13 Å². The van der Waals surface area contributed by atoms with Crippen LogP contribution in [0.15, 0.2) is 127 Å². The predicted molar refractivity (Wildman–Crippen MR) is 277 cm³/mol. The van der Waals surface area contributed by atoms with Gasteiger partial charge in [0.15, 0.2) is 6.29 Å². The molecule has 1 saturated heterocycles. The summed E-state index contributed by atoms with van der Waals surface area (Å²) in [6.45, 7) is 9.98. The lowest BCUT2D eigenvalue weighted by molar-refractivity contribution is -0.138. The molecule has 0 bridgehead atoms. The van der Waals surface area contributed by atoms with Gasteiger partial charge in [0.05, 0.1) is 49.1 Å². The Kier molecular flexibility index (Phi) is 15.8. The highest BCUT2D eigenvalue weighted by Gasteiger charge is 2.49. The number of carbonyl (C=O) groups is 2. The van der Waals surface area contributed by atoms with E-state index in [4.69, 9.17) is 33.4 Å². The second-order valence-corrected chi connectivity index (χ2v) is 19.0. The van der Waals surface area contributed by atoms with Gasteiger partial charge in [-0.1, -0.05) is 84.6 Å². The molecule has 1 aliphatic heterocycles. The van der Waals surface area contributed by atoms with Crippen LogP contribution >= 0.6 is 23.1 Å². The standard InChI is InChI=1S/C55H52FN5O8S2/c1-4-48(62)66-29-6-5-28-65-41-18-10-35(11-19-41)12-25-49(63)68-42-20-17-38-32-40(16-15-39(38)33-42)44-22-21-43(37-13-8-36(9-14-37)26-31-64-27-7-30-67-53-55(2,3)69-53)45(50(44)56)34-57-59-54-58-52-47(70-54)24-23-46-51(52)61-71-60-46/h4,8-11,13-24,32-34,53H,1,5-7,12,25-31H2,2-3H3,(H,58,59)/b57-34+. The smallest absolute Gasteiger partial charge is 0.330 e. The maximum Gasteiger partial charge on any atom is 0.330 e. The molecule has 0 spiro atoms. The first kappa shape index (κ1) is 49.0. The second-order valence-electron chi connectivity index (χ2n) is 17.4. The lowest BCUT2D eigenvalue weighted by Crippen LogP contribution is -2.09. The summed E-state index contributed by atoms with van der Waals surface area (Å²) < 4.78 is 60.3. The Balaban J connectivity index is 0.845. The number of hydrazone groups is 1. The van der Waals surface area contributed by atoms with Crippen LogP contribution in [-0.2, 0) is 41.4 Å². The van der Waals surface area contributed by atoms with Crippen LogP contribution in [-0.4, -0.2) is 76.8 Å². The van der Waals surface area contributed by atoms with Gasteiger partial charge < -0.3 is 28.4 Å². The largest absolute Gasteiger partial charge is 0.494 e. The Bertz CT molecular complexity index is 3190. The molecule has 8 aromatic rings. The predicted octanol–water partition coefficient (Wildman–Crippen LogP) is 11.9. The summed E-state index contributed by atoms with van der Waals surface area (Å²) in [4.78, 5) is 28.8. The lowest BCUT2D eigenvalue weighted by Gasteiger charge is -2.13. The Morgan fingerprint density at radius 1 is 0.789 bits per heavy atom. The number of aromatic nitrogens is 3. The van der Waals surface area contributed by atoms with Crippen molar-refractivity contribution in [3.63, 3.8) is 0 Å². The number of hydrogen-bond donors (Lipinski definition) is 1. The Labute approximate surface area is 418 Å². The van der Waals surface area contributed by atoms with Crippen molar-refractivity contribution in [3.05, 3.63) is 144 Å². The SMILES string of the molecule is C=CC(=O)OCCCCOc1ccc(CCC(=O)Oc2ccc3cc(-c4ccc(-c5ccc(CCOCCCOC6OC6(C)C)cc5)c(/C=N/Nc5nc6c(ccc7nsnc76)s5)c4F)ccc3c2)cc1. The fourth-order valence-corrected chi connectivity index (χ4v) is 9.22. The third-order valence-electron chi connectivity index (χ3n) is 11.9. The van der Waals surface area contributed by atoms with E-state index in [0.29, 0.717) is 79.0 Å². The molecule has 364 valence electrons. The van der Waals surface area contributed by atoms with E-state index in [9.17, 15) is 9.59 Å². The molecule has 2 aromatic heterocycles. The number of benzene rings is 6. The van der Waals surface area contributed by atoms with Crippen molar-refractivity contribution < 1.29 is 42.4 Å². The molecule has 71 heavy (non-hydrogen) atoms. The Hall–Kier alpha value is -6.95. The van der Waals surface area contributed by atoms with Crippen molar-refractivity contribution in [1.82, 2.24) is 13.7 Å². The first-order valence-corrected chi connectivity index (χ1v) is 25.0. The van der Waals surface area contributed by atoms with Gasteiger partial charge in [-0.25, -0.2) is 14.2 Å². The summed E-state index contributed by atoms with van der Waals surface area (Å²) in [7, 11) is 0. The van der Waals surface area contributed by atoms with E-state index in [0.717, 1.165) is 91.5 Å². The van der Waals surface area contributed by atoms with Gasteiger partial charge in [0, 0.05) is 30.2 Å². The number of esters is 2. The monoisotopic (exact) mass is 993 g/mol. The number of epoxide rings is 1. The van der Waals surface area contributed by atoms with Gasteiger partial charge >= 0.3 is 11.9 Å². The number of hydrogen-bond acceptors (Lipinski definition) is 15. The van der Waals surface area contributed by atoms with Crippen molar-refractivity contribution >= 4 is 78.4 Å². The van der Waals surface area contributed by atoms with Gasteiger partial charge in [0.1, 0.15) is 39.5 Å². The van der Waals surface area contributed by atoms with E-state index in [-0.39, 0.29) is 24.3 Å². The number of nitrogens with zero attached hydrogens (tertiary/aromatic N) is 4. The van der Waals surface area contributed by atoms with Crippen LogP contribution in [0, 0.1) is 5.82 Å². The molecule has 1 aliphatic rings. The third kappa shape index (κ3) is 12.7. The number of rotatable bonds is 24. The maximum atomic E-state index is 17.1. The van der Waals surface area contributed by atoms with Gasteiger partial charge in [0.25, 0.3) is 0 Å². The topological polar surface area (TPSA) is 156 Å². The molecule has 16 heteroatoms. The second kappa shape index (κ2) is 22.9. The minimum atomic E-state index is -0.432. The first-order chi connectivity index (χ1) is 34.6. The van der Waals surface area contributed by atoms with E-state index in [1.807, 2.05) is 111 Å². The Morgan fingerprint density at radius 3 is 2.34 bits per heavy atom. The van der Waals surface area contributed by atoms with E-state index in [1.165, 1.54) is 17.6 Å². The number of thiazole rings is 1. The van der Waals surface area contributed by atoms with Crippen molar-refractivity contribution in [2.24, 2.45) is 5.10 Å². The number of fused-ring (bicyclic) bond motifs is 4. The zero-order valence-electron chi connectivity index (χ0n) is 39.4. The van der Waals surface area contributed by atoms with Crippen LogP contribution in [0.3, 0.4) is 0 Å². The molecular weight excluding hydrogens is 942 g/mol. The molecule has 6 aromatic carbocycles. The highest BCUT2D eigenvalue weighted by molar-refractivity contribution is 7.22. The minimum absolute atomic E-state index is 0.126. The van der Waals surface area contributed by atoms with E-state index < -0.39 is 11.8 Å². The van der Waals surface area contributed by atoms with Gasteiger partial charge in [-0.05, 0) is 127 Å². The van der Waals surface area contributed by atoms with Crippen molar-refractivity contribution in [3.8, 4) is 33.8 Å². The summed E-state index contributed by atoms with van der Waals surface area (Å²) in [6, 6.07) is 34.4. The summed E-state index contributed by atoms with van der Waals surface area (Å²) in [5.74, 6) is -0.0705. The normalized spacial score (nSPS) is 14.0. The fraction of sp³-hybridized carbons (Fsp3) is 0.273. The molecule has 3 heterocycles. The molecule has 0 saturated carbocycles. The summed E-state index contributed by atoms with van der Waals surface area (Å²) in [5, 5.41) is 6.75. The van der Waals surface area contributed by atoms with Gasteiger partial charge in [-0.3, -0.25) is 10.2 Å². The number of unbranched alkanes of at least 4 members (excludes halogenated alkanes) is 1. The van der Waals surface area contributed by atoms with Gasteiger partial charge in [-0.15, -0.1) is 0 Å². The highest BCUT2D eigenvalue weighted by atomic mass is 32.1. The quantitative estimate of drug-likeness (QED) is 0.0116. The first-order valence-electron chi connectivity index (χ1n) is 23.5. The number of carbonyl (C=O) groups excluding carboxylic acids is 2. The summed E-state index contributed by atoms with van der Waals surface area (Å²) >= 11 is 2.57. The van der Waals surface area contributed by atoms with Crippen LogP contribution in [0.2, 0.25) is 0 Å². The third-order valence-corrected chi connectivity index (χ3v) is 13.3. The number of anilines is 1. The average molecular weight is 994 g/mol. The maximum absolute atomic E-state index is 17.1. The molecule has 13 nitrogen and oxygen atoms in total. The van der Waals surface area contributed by atoms with Crippen LogP contribution in [0.4, 0.5) is 9.52 Å². The molecule has 0 amide bonds. The van der Waals surface area contributed by atoms with Gasteiger partial charge in [-0.2, -0.15) is 13.8 Å². The molecule has 0 aliphatic carbocycles. The molecule has 9 rings (SSSR count). The molecule has 1 unspecified atom stereocenters. The molecular formula is C55H52FN5O8S2. The van der Waals surface area contributed by atoms with E-state index in [1.54, 1.807) is 12.1 Å².